The number of rotatable bonds is 7. The summed E-state index contributed by atoms with van der Waals surface area (Å²) in [7, 11) is -3.63. The summed E-state index contributed by atoms with van der Waals surface area (Å²) in [6.07, 6.45) is 1.68. The van der Waals surface area contributed by atoms with Gasteiger partial charge in [0.1, 0.15) is 11.8 Å². The number of amides is 1. The van der Waals surface area contributed by atoms with Gasteiger partial charge in [0.2, 0.25) is 10.0 Å². The molecule has 7 nitrogen and oxygen atoms in total. The summed E-state index contributed by atoms with van der Waals surface area (Å²) in [6, 6.07) is 13.0. The van der Waals surface area contributed by atoms with Crippen LogP contribution < -0.4 is 14.8 Å². The molecule has 0 aromatic heterocycles. The van der Waals surface area contributed by atoms with E-state index in [0.717, 1.165) is 12.8 Å². The molecular formula is C19H19N3O4S. The second kappa shape index (κ2) is 7.78. The Morgan fingerprint density at radius 1 is 1.22 bits per heavy atom. The van der Waals surface area contributed by atoms with Crippen molar-refractivity contribution >= 4 is 21.6 Å². The number of nitriles is 1. The van der Waals surface area contributed by atoms with Crippen molar-refractivity contribution in [3.8, 4) is 11.8 Å². The van der Waals surface area contributed by atoms with Crippen LogP contribution in [0.25, 0.3) is 0 Å². The molecule has 3 rings (SSSR count). The van der Waals surface area contributed by atoms with Gasteiger partial charge in [-0.2, -0.15) is 5.26 Å². The Balaban J connectivity index is 1.76. The molecule has 2 aromatic rings. The van der Waals surface area contributed by atoms with Crippen LogP contribution in [0.1, 0.15) is 28.8 Å². The average molecular weight is 385 g/mol. The maximum absolute atomic E-state index is 12.6. The van der Waals surface area contributed by atoms with E-state index in [9.17, 15) is 13.2 Å². The Kier molecular flexibility index (Phi) is 5.44. The molecular weight excluding hydrogens is 366 g/mol. The fourth-order valence-electron chi connectivity index (χ4n) is 2.45. The number of sulfonamides is 1. The second-order valence-electron chi connectivity index (χ2n) is 6.30. The summed E-state index contributed by atoms with van der Waals surface area (Å²) in [5.74, 6) is 0.117. The summed E-state index contributed by atoms with van der Waals surface area (Å²) < 4.78 is 32.5. The molecule has 1 fully saturated rings. The lowest BCUT2D eigenvalue weighted by Crippen LogP contribution is -2.26. The molecule has 0 spiro atoms. The van der Waals surface area contributed by atoms with Gasteiger partial charge >= 0.3 is 0 Å². The summed E-state index contributed by atoms with van der Waals surface area (Å²) in [4.78, 5) is 12.7. The number of anilines is 1. The first-order valence-electron chi connectivity index (χ1n) is 8.43. The number of carbonyl (C=O) groups excluding carboxylic acids is 1. The van der Waals surface area contributed by atoms with Gasteiger partial charge in [-0.05, 0) is 61.7 Å². The van der Waals surface area contributed by atoms with Gasteiger partial charge in [0.15, 0.2) is 6.61 Å². The lowest BCUT2D eigenvalue weighted by atomic mass is 10.1. The van der Waals surface area contributed by atoms with Crippen LogP contribution in [0.4, 0.5) is 5.69 Å². The van der Waals surface area contributed by atoms with Crippen LogP contribution in [-0.4, -0.2) is 27.0 Å². The number of nitrogens with one attached hydrogen (secondary N) is 2. The van der Waals surface area contributed by atoms with E-state index in [-0.39, 0.29) is 17.5 Å². The molecule has 27 heavy (non-hydrogen) atoms. The molecule has 140 valence electrons. The van der Waals surface area contributed by atoms with Crippen molar-refractivity contribution in [2.75, 3.05) is 11.9 Å². The van der Waals surface area contributed by atoms with Gasteiger partial charge in [0, 0.05) is 17.3 Å². The molecule has 2 N–H and O–H groups in total. The molecule has 0 aliphatic heterocycles. The van der Waals surface area contributed by atoms with E-state index in [0.29, 0.717) is 22.6 Å². The van der Waals surface area contributed by atoms with Gasteiger partial charge < -0.3 is 10.1 Å². The number of aryl methyl sites for hydroxylation is 1. The molecule has 0 bridgehead atoms. The first-order valence-corrected chi connectivity index (χ1v) is 9.91. The van der Waals surface area contributed by atoms with Gasteiger partial charge in [0.25, 0.3) is 5.91 Å². The lowest BCUT2D eigenvalue weighted by molar-refractivity contribution is 0.102. The van der Waals surface area contributed by atoms with Crippen LogP contribution in [0.3, 0.4) is 0 Å². The molecule has 0 unspecified atom stereocenters. The van der Waals surface area contributed by atoms with Crippen LogP contribution in [0, 0.1) is 18.3 Å². The fourth-order valence-corrected chi connectivity index (χ4v) is 3.78. The molecule has 0 radical (unpaired) electrons. The highest BCUT2D eigenvalue weighted by atomic mass is 32.2. The minimum absolute atomic E-state index is 0.00431. The van der Waals surface area contributed by atoms with Crippen molar-refractivity contribution in [3.63, 3.8) is 0 Å². The molecule has 1 aliphatic carbocycles. The minimum atomic E-state index is -3.63. The molecule has 2 aromatic carbocycles. The van der Waals surface area contributed by atoms with E-state index in [2.05, 4.69) is 10.0 Å². The molecule has 0 saturated heterocycles. The van der Waals surface area contributed by atoms with Crippen molar-refractivity contribution in [2.45, 2.75) is 30.7 Å². The highest BCUT2D eigenvalue weighted by Crippen LogP contribution is 2.24. The smallest absolute Gasteiger partial charge is 0.255 e. The van der Waals surface area contributed by atoms with E-state index in [1.54, 1.807) is 37.3 Å². The standard InChI is InChI=1S/C19H19N3O4S/c1-13-2-9-17(27(24,25)22-15-3-4-15)12-18(13)19(23)21-14-5-7-16(8-6-14)26-11-10-20/h2,5-9,12,15,22H,3-4,11H2,1H3,(H,21,23). The topological polar surface area (TPSA) is 108 Å². The van der Waals surface area contributed by atoms with Crippen molar-refractivity contribution in [2.24, 2.45) is 0 Å². The third-order valence-electron chi connectivity index (χ3n) is 4.08. The molecule has 0 atom stereocenters. The van der Waals surface area contributed by atoms with E-state index in [1.807, 2.05) is 6.07 Å². The largest absolute Gasteiger partial charge is 0.479 e. The van der Waals surface area contributed by atoms with Crippen LogP contribution in [-0.2, 0) is 10.0 Å². The maximum atomic E-state index is 12.6. The average Bonchev–Trinajstić information content (AvgIpc) is 3.44. The van der Waals surface area contributed by atoms with E-state index < -0.39 is 15.9 Å². The summed E-state index contributed by atoms with van der Waals surface area (Å²) in [6.45, 7) is 1.69. The first-order chi connectivity index (χ1) is 12.9. The lowest BCUT2D eigenvalue weighted by Gasteiger charge is -2.11. The quantitative estimate of drug-likeness (QED) is 0.761. The Morgan fingerprint density at radius 2 is 1.93 bits per heavy atom. The van der Waals surface area contributed by atoms with Crippen molar-refractivity contribution in [1.29, 1.82) is 5.26 Å². The van der Waals surface area contributed by atoms with Crippen LogP contribution >= 0.6 is 0 Å². The summed E-state index contributed by atoms with van der Waals surface area (Å²) >= 11 is 0. The van der Waals surface area contributed by atoms with Crippen molar-refractivity contribution < 1.29 is 17.9 Å². The first kappa shape index (κ1) is 18.9. The normalized spacial score (nSPS) is 13.6. The molecule has 1 aliphatic rings. The van der Waals surface area contributed by atoms with Gasteiger partial charge in [-0.25, -0.2) is 13.1 Å². The summed E-state index contributed by atoms with van der Waals surface area (Å²) in [5, 5.41) is 11.2. The van der Waals surface area contributed by atoms with Crippen LogP contribution in [0.5, 0.6) is 5.75 Å². The van der Waals surface area contributed by atoms with Crippen molar-refractivity contribution in [3.05, 3.63) is 53.6 Å². The maximum Gasteiger partial charge on any atom is 0.255 e. The SMILES string of the molecule is Cc1ccc(S(=O)(=O)NC2CC2)cc1C(=O)Nc1ccc(OCC#N)cc1. The highest BCUT2D eigenvalue weighted by molar-refractivity contribution is 7.89. The third kappa shape index (κ3) is 4.84. The van der Waals surface area contributed by atoms with Crippen molar-refractivity contribution in [1.82, 2.24) is 4.72 Å². The van der Waals surface area contributed by atoms with Gasteiger partial charge in [-0.15, -0.1) is 0 Å². The van der Waals surface area contributed by atoms with E-state index in [4.69, 9.17) is 10.00 Å². The highest BCUT2D eigenvalue weighted by Gasteiger charge is 2.28. The van der Waals surface area contributed by atoms with Gasteiger partial charge in [-0.1, -0.05) is 6.07 Å². The minimum Gasteiger partial charge on any atom is -0.479 e. The third-order valence-corrected chi connectivity index (χ3v) is 5.60. The van der Waals surface area contributed by atoms with E-state index >= 15 is 0 Å². The number of benzene rings is 2. The summed E-state index contributed by atoms with van der Waals surface area (Å²) in [5.41, 5.74) is 1.50. The second-order valence-corrected chi connectivity index (χ2v) is 8.01. The molecule has 1 amide bonds. The monoisotopic (exact) mass is 385 g/mol. The predicted octanol–water partition coefficient (Wildman–Crippen LogP) is 2.59. The Morgan fingerprint density at radius 3 is 2.56 bits per heavy atom. The number of ether oxygens (including phenoxy) is 1. The molecule has 1 saturated carbocycles. The Labute approximate surface area is 158 Å². The Bertz CT molecular complexity index is 991. The Hall–Kier alpha value is -2.89. The van der Waals surface area contributed by atoms with E-state index in [1.165, 1.54) is 12.1 Å². The number of carbonyl (C=O) groups is 1. The number of nitrogens with zero attached hydrogens (tertiary/aromatic N) is 1. The molecule has 8 heteroatoms. The predicted molar refractivity (Wildman–Crippen MR) is 100 cm³/mol. The van der Waals surface area contributed by atoms with Crippen LogP contribution in [0.15, 0.2) is 47.4 Å². The fraction of sp³-hybridized carbons (Fsp3) is 0.263. The van der Waals surface area contributed by atoms with Gasteiger partial charge in [-0.3, -0.25) is 4.79 Å². The zero-order valence-corrected chi connectivity index (χ0v) is 15.5. The zero-order valence-electron chi connectivity index (χ0n) is 14.7. The molecule has 0 heterocycles. The number of hydrogen-bond acceptors (Lipinski definition) is 5. The van der Waals surface area contributed by atoms with Gasteiger partial charge in [0.05, 0.1) is 4.90 Å². The number of hydrogen-bond donors (Lipinski definition) is 2. The van der Waals surface area contributed by atoms with Crippen LogP contribution in [0.2, 0.25) is 0 Å². The zero-order chi connectivity index (χ0) is 19.4.